The fourth-order valence-corrected chi connectivity index (χ4v) is 1.13. The fourth-order valence-electron chi connectivity index (χ4n) is 1.13. The van der Waals surface area contributed by atoms with E-state index in [0.29, 0.717) is 12.3 Å². The van der Waals surface area contributed by atoms with Crippen molar-refractivity contribution in [2.45, 2.75) is 6.42 Å². The Kier molecular flexibility index (Phi) is 3.67. The van der Waals surface area contributed by atoms with Gasteiger partial charge < -0.3 is 4.74 Å². The molecule has 13 heavy (non-hydrogen) atoms. The first-order valence-corrected chi connectivity index (χ1v) is 4.04. The van der Waals surface area contributed by atoms with E-state index in [1.54, 1.807) is 6.07 Å². The predicted octanol–water partition coefficient (Wildman–Crippen LogP) is 0.840. The minimum atomic E-state index is -0.290. The van der Waals surface area contributed by atoms with Crippen LogP contribution in [0.4, 0.5) is 4.39 Å². The van der Waals surface area contributed by atoms with Gasteiger partial charge >= 0.3 is 0 Å². The summed E-state index contributed by atoms with van der Waals surface area (Å²) in [4.78, 5) is 0. The molecule has 0 bridgehead atoms. The third-order valence-corrected chi connectivity index (χ3v) is 1.79. The molecule has 0 heterocycles. The van der Waals surface area contributed by atoms with E-state index in [9.17, 15) is 4.39 Å². The number of methoxy groups -OCH3 is 1. The molecule has 0 fully saturated rings. The molecule has 3 N–H and O–H groups in total. The van der Waals surface area contributed by atoms with E-state index < -0.39 is 0 Å². The van der Waals surface area contributed by atoms with Crippen molar-refractivity contribution < 1.29 is 9.13 Å². The van der Waals surface area contributed by atoms with Crippen molar-refractivity contribution in [1.82, 2.24) is 5.43 Å². The van der Waals surface area contributed by atoms with Gasteiger partial charge in [0.25, 0.3) is 0 Å². The van der Waals surface area contributed by atoms with Crippen molar-refractivity contribution in [3.05, 3.63) is 29.6 Å². The Morgan fingerprint density at radius 3 is 2.92 bits per heavy atom. The van der Waals surface area contributed by atoms with Crippen LogP contribution in [-0.4, -0.2) is 13.7 Å². The molecular formula is C9H13FN2O. The maximum Gasteiger partial charge on any atom is 0.126 e. The zero-order chi connectivity index (χ0) is 9.68. The van der Waals surface area contributed by atoms with Gasteiger partial charge in [-0.25, -0.2) is 4.39 Å². The smallest absolute Gasteiger partial charge is 0.126 e. The summed E-state index contributed by atoms with van der Waals surface area (Å²) in [5.74, 6) is 5.41. The number of ether oxygens (including phenoxy) is 1. The summed E-state index contributed by atoms with van der Waals surface area (Å²) in [6.07, 6.45) is 0.722. The number of hydrazine groups is 1. The first-order chi connectivity index (χ1) is 6.27. The maximum atomic E-state index is 12.7. The molecule has 0 saturated carbocycles. The van der Waals surface area contributed by atoms with Gasteiger partial charge in [-0.1, -0.05) is 6.07 Å². The lowest BCUT2D eigenvalue weighted by Gasteiger charge is -2.07. The van der Waals surface area contributed by atoms with Crippen LogP contribution in [0.25, 0.3) is 0 Å². The molecule has 0 amide bonds. The normalized spacial score (nSPS) is 10.1. The highest BCUT2D eigenvalue weighted by Crippen LogP contribution is 2.19. The third-order valence-electron chi connectivity index (χ3n) is 1.79. The highest BCUT2D eigenvalue weighted by Gasteiger charge is 2.03. The number of hydrogen-bond donors (Lipinski definition) is 2. The van der Waals surface area contributed by atoms with Crippen molar-refractivity contribution >= 4 is 0 Å². The predicted molar refractivity (Wildman–Crippen MR) is 48.8 cm³/mol. The second kappa shape index (κ2) is 4.79. The Morgan fingerprint density at radius 1 is 1.54 bits per heavy atom. The molecular weight excluding hydrogens is 171 g/mol. The lowest BCUT2D eigenvalue weighted by atomic mass is 10.1. The standard InChI is InChI=1S/C9H13FN2O/c1-13-9-6-8(10)3-2-7(9)4-5-12-11/h2-3,6,12H,4-5,11H2,1H3. The van der Waals surface area contributed by atoms with Crippen LogP contribution >= 0.6 is 0 Å². The molecule has 0 atom stereocenters. The van der Waals surface area contributed by atoms with E-state index in [1.807, 2.05) is 0 Å². The van der Waals surface area contributed by atoms with Gasteiger partial charge in [-0.2, -0.15) is 0 Å². The molecule has 0 aliphatic heterocycles. The molecule has 1 rings (SSSR count). The van der Waals surface area contributed by atoms with Gasteiger partial charge in [-0.05, 0) is 18.1 Å². The molecule has 0 unspecified atom stereocenters. The van der Waals surface area contributed by atoms with Crippen molar-refractivity contribution in [1.29, 1.82) is 0 Å². The number of nitrogens with two attached hydrogens (primary N) is 1. The van der Waals surface area contributed by atoms with Crippen LogP contribution in [-0.2, 0) is 6.42 Å². The largest absolute Gasteiger partial charge is 0.496 e. The number of benzene rings is 1. The van der Waals surface area contributed by atoms with Crippen LogP contribution in [0.2, 0.25) is 0 Å². The molecule has 0 spiro atoms. The SMILES string of the molecule is COc1cc(F)ccc1CCNN. The van der Waals surface area contributed by atoms with Crippen molar-refractivity contribution in [2.24, 2.45) is 5.84 Å². The second-order valence-electron chi connectivity index (χ2n) is 2.66. The Morgan fingerprint density at radius 2 is 2.31 bits per heavy atom. The highest BCUT2D eigenvalue weighted by atomic mass is 19.1. The molecule has 0 aliphatic carbocycles. The molecule has 72 valence electrons. The summed E-state index contributed by atoms with van der Waals surface area (Å²) < 4.78 is 17.8. The zero-order valence-electron chi connectivity index (χ0n) is 7.51. The lowest BCUT2D eigenvalue weighted by molar-refractivity contribution is 0.405. The topological polar surface area (TPSA) is 47.3 Å². The first kappa shape index (κ1) is 9.95. The molecule has 0 saturated heterocycles. The van der Waals surface area contributed by atoms with Gasteiger partial charge in [-0.15, -0.1) is 0 Å². The molecule has 4 heteroatoms. The Balaban J connectivity index is 2.79. The maximum absolute atomic E-state index is 12.7. The van der Waals surface area contributed by atoms with Crippen molar-refractivity contribution in [2.75, 3.05) is 13.7 Å². The Labute approximate surface area is 76.7 Å². The summed E-state index contributed by atoms with van der Waals surface area (Å²) in [7, 11) is 1.52. The minimum absolute atomic E-state index is 0.290. The molecule has 1 aromatic rings. The van der Waals surface area contributed by atoms with Gasteiger partial charge in [0, 0.05) is 12.6 Å². The van der Waals surface area contributed by atoms with Gasteiger partial charge in [0.05, 0.1) is 7.11 Å². The summed E-state index contributed by atoms with van der Waals surface area (Å²) in [6.45, 7) is 0.641. The van der Waals surface area contributed by atoms with E-state index in [0.717, 1.165) is 12.0 Å². The molecule has 0 aliphatic rings. The van der Waals surface area contributed by atoms with Gasteiger partial charge in [-0.3, -0.25) is 11.3 Å². The van der Waals surface area contributed by atoms with E-state index in [-0.39, 0.29) is 5.82 Å². The van der Waals surface area contributed by atoms with Gasteiger partial charge in [0.2, 0.25) is 0 Å². The van der Waals surface area contributed by atoms with Crippen molar-refractivity contribution in [3.8, 4) is 5.75 Å². The van der Waals surface area contributed by atoms with E-state index in [4.69, 9.17) is 10.6 Å². The second-order valence-corrected chi connectivity index (χ2v) is 2.66. The Hall–Kier alpha value is -1.13. The van der Waals surface area contributed by atoms with Crippen LogP contribution in [0.15, 0.2) is 18.2 Å². The summed E-state index contributed by atoms with van der Waals surface area (Å²) in [6, 6.07) is 4.48. The molecule has 3 nitrogen and oxygen atoms in total. The highest BCUT2D eigenvalue weighted by molar-refractivity contribution is 5.34. The Bertz CT molecular complexity index is 278. The quantitative estimate of drug-likeness (QED) is 0.538. The molecule has 0 radical (unpaired) electrons. The third kappa shape index (κ3) is 2.68. The van der Waals surface area contributed by atoms with Crippen molar-refractivity contribution in [3.63, 3.8) is 0 Å². The monoisotopic (exact) mass is 184 g/mol. The van der Waals surface area contributed by atoms with Crippen LogP contribution in [0, 0.1) is 5.82 Å². The first-order valence-electron chi connectivity index (χ1n) is 4.04. The molecule has 1 aromatic carbocycles. The zero-order valence-corrected chi connectivity index (χ0v) is 7.51. The summed E-state index contributed by atoms with van der Waals surface area (Å²) in [5, 5.41) is 0. The fraction of sp³-hybridized carbons (Fsp3) is 0.333. The average Bonchev–Trinajstić information content (AvgIpc) is 2.16. The average molecular weight is 184 g/mol. The van der Waals surface area contributed by atoms with Gasteiger partial charge in [0.15, 0.2) is 0 Å². The van der Waals surface area contributed by atoms with Crippen LogP contribution in [0.3, 0.4) is 0 Å². The lowest BCUT2D eigenvalue weighted by Crippen LogP contribution is -2.24. The van der Waals surface area contributed by atoms with Gasteiger partial charge in [0.1, 0.15) is 11.6 Å². The van der Waals surface area contributed by atoms with E-state index in [2.05, 4.69) is 5.43 Å². The number of nitrogens with one attached hydrogen (secondary N) is 1. The van der Waals surface area contributed by atoms with Crippen LogP contribution < -0.4 is 16.0 Å². The number of halogens is 1. The van der Waals surface area contributed by atoms with Crippen LogP contribution in [0.5, 0.6) is 5.75 Å². The number of hydrogen-bond acceptors (Lipinski definition) is 3. The minimum Gasteiger partial charge on any atom is -0.496 e. The molecule has 0 aromatic heterocycles. The summed E-state index contributed by atoms with van der Waals surface area (Å²) in [5.41, 5.74) is 3.48. The van der Waals surface area contributed by atoms with E-state index in [1.165, 1.54) is 19.2 Å². The van der Waals surface area contributed by atoms with Crippen LogP contribution in [0.1, 0.15) is 5.56 Å². The van der Waals surface area contributed by atoms with E-state index >= 15 is 0 Å². The number of rotatable bonds is 4. The summed E-state index contributed by atoms with van der Waals surface area (Å²) >= 11 is 0.